The van der Waals surface area contributed by atoms with Gasteiger partial charge in [0.05, 0.1) is 5.39 Å². The van der Waals surface area contributed by atoms with Crippen molar-refractivity contribution >= 4 is 29.3 Å². The summed E-state index contributed by atoms with van der Waals surface area (Å²) in [6, 6.07) is 5.18. The molecular formula is C20H27ClN2O4. The summed E-state index contributed by atoms with van der Waals surface area (Å²) >= 11 is 0. The summed E-state index contributed by atoms with van der Waals surface area (Å²) in [7, 11) is 0. The van der Waals surface area contributed by atoms with Crippen LogP contribution in [0.1, 0.15) is 30.9 Å². The van der Waals surface area contributed by atoms with E-state index in [0.717, 1.165) is 42.4 Å². The highest BCUT2D eigenvalue weighted by Crippen LogP contribution is 2.30. The van der Waals surface area contributed by atoms with Gasteiger partial charge in [0, 0.05) is 12.6 Å². The van der Waals surface area contributed by atoms with E-state index in [1.807, 2.05) is 26.0 Å². The van der Waals surface area contributed by atoms with Crippen molar-refractivity contribution in [3.8, 4) is 5.75 Å². The number of benzene rings is 1. The highest BCUT2D eigenvalue weighted by Gasteiger charge is 2.15. The van der Waals surface area contributed by atoms with E-state index in [9.17, 15) is 9.59 Å². The summed E-state index contributed by atoms with van der Waals surface area (Å²) in [6.07, 6.45) is 2.86. The second-order valence-electron chi connectivity index (χ2n) is 6.87. The predicted molar refractivity (Wildman–Crippen MR) is 108 cm³/mol. The molecule has 1 amide bonds. The molecular weight excluding hydrogens is 368 g/mol. The first-order valence-electron chi connectivity index (χ1n) is 9.24. The molecule has 1 aliphatic heterocycles. The minimum Gasteiger partial charge on any atom is -0.483 e. The standard InChI is InChI=1S/C20H26N2O4.ClH/c1-3-15-10-19(24)26-17-9-13(2)8-16(20(15)17)25-12-18(23)22-11-14-4-6-21-7-5-14;/h8-10,14,21H,3-7,11-12H2,1-2H3,(H,22,23);1H. The number of amides is 1. The zero-order chi connectivity index (χ0) is 18.5. The third-order valence-electron chi connectivity index (χ3n) is 4.82. The normalized spacial score (nSPS) is 14.6. The molecule has 0 bridgehead atoms. The molecule has 2 aromatic rings. The molecule has 0 saturated carbocycles. The van der Waals surface area contributed by atoms with E-state index < -0.39 is 0 Å². The molecule has 3 rings (SSSR count). The number of aryl methyl sites for hydroxylation is 2. The minimum atomic E-state index is -0.370. The lowest BCUT2D eigenvalue weighted by Gasteiger charge is -2.22. The Balaban J connectivity index is 0.00000261. The molecule has 1 aliphatic rings. The van der Waals surface area contributed by atoms with E-state index in [2.05, 4.69) is 10.6 Å². The van der Waals surface area contributed by atoms with Crippen molar-refractivity contribution in [2.45, 2.75) is 33.1 Å². The highest BCUT2D eigenvalue weighted by molar-refractivity contribution is 5.88. The van der Waals surface area contributed by atoms with Gasteiger partial charge in [0.15, 0.2) is 6.61 Å². The Morgan fingerprint density at radius 1 is 1.30 bits per heavy atom. The second kappa shape index (κ2) is 9.76. The number of hydrogen-bond donors (Lipinski definition) is 2. The highest BCUT2D eigenvalue weighted by atomic mass is 35.5. The van der Waals surface area contributed by atoms with Gasteiger partial charge >= 0.3 is 5.63 Å². The molecule has 27 heavy (non-hydrogen) atoms. The van der Waals surface area contributed by atoms with Crippen LogP contribution >= 0.6 is 12.4 Å². The van der Waals surface area contributed by atoms with Gasteiger partial charge in [-0.1, -0.05) is 6.92 Å². The molecule has 0 unspecified atom stereocenters. The lowest BCUT2D eigenvalue weighted by molar-refractivity contribution is -0.123. The monoisotopic (exact) mass is 394 g/mol. The Hall–Kier alpha value is -2.05. The third kappa shape index (κ3) is 5.47. The molecule has 148 valence electrons. The number of piperidine rings is 1. The Bertz CT molecular complexity index is 844. The summed E-state index contributed by atoms with van der Waals surface area (Å²) < 4.78 is 11.1. The summed E-state index contributed by atoms with van der Waals surface area (Å²) in [5.74, 6) is 0.979. The lowest BCUT2D eigenvalue weighted by atomic mass is 9.98. The topological polar surface area (TPSA) is 80.6 Å². The number of nitrogens with one attached hydrogen (secondary N) is 2. The van der Waals surface area contributed by atoms with Crippen molar-refractivity contribution < 1.29 is 13.9 Å². The molecule has 1 fully saturated rings. The maximum Gasteiger partial charge on any atom is 0.336 e. The van der Waals surface area contributed by atoms with Crippen LogP contribution in [0.3, 0.4) is 0 Å². The number of ether oxygens (including phenoxy) is 1. The molecule has 0 radical (unpaired) electrons. The maximum absolute atomic E-state index is 12.2. The number of fused-ring (bicyclic) bond motifs is 1. The van der Waals surface area contributed by atoms with Gasteiger partial charge < -0.3 is 19.8 Å². The van der Waals surface area contributed by atoms with Crippen LogP contribution in [-0.4, -0.2) is 32.1 Å². The van der Waals surface area contributed by atoms with Crippen molar-refractivity contribution in [3.05, 3.63) is 39.7 Å². The number of hydrogen-bond acceptors (Lipinski definition) is 5. The lowest BCUT2D eigenvalue weighted by Crippen LogP contribution is -2.37. The van der Waals surface area contributed by atoms with Crippen molar-refractivity contribution in [2.75, 3.05) is 26.2 Å². The molecule has 0 atom stereocenters. The van der Waals surface area contributed by atoms with Gasteiger partial charge in [0.25, 0.3) is 5.91 Å². The fourth-order valence-corrected chi connectivity index (χ4v) is 3.40. The fourth-order valence-electron chi connectivity index (χ4n) is 3.40. The van der Waals surface area contributed by atoms with Crippen molar-refractivity contribution in [3.63, 3.8) is 0 Å². The van der Waals surface area contributed by atoms with Crippen LogP contribution in [0, 0.1) is 12.8 Å². The van der Waals surface area contributed by atoms with Gasteiger partial charge in [0.2, 0.25) is 0 Å². The SMILES string of the molecule is CCc1cc(=O)oc2cc(C)cc(OCC(=O)NCC3CCNCC3)c12.Cl. The van der Waals surface area contributed by atoms with Gasteiger partial charge in [0.1, 0.15) is 11.3 Å². The van der Waals surface area contributed by atoms with Crippen LogP contribution in [0.5, 0.6) is 5.75 Å². The van der Waals surface area contributed by atoms with E-state index >= 15 is 0 Å². The second-order valence-corrected chi connectivity index (χ2v) is 6.87. The Morgan fingerprint density at radius 2 is 2.04 bits per heavy atom. The first-order valence-corrected chi connectivity index (χ1v) is 9.24. The number of halogens is 1. The van der Waals surface area contributed by atoms with Gasteiger partial charge in [-0.2, -0.15) is 0 Å². The van der Waals surface area contributed by atoms with Crippen LogP contribution in [0.4, 0.5) is 0 Å². The smallest absolute Gasteiger partial charge is 0.336 e. The zero-order valence-electron chi connectivity index (χ0n) is 15.8. The van der Waals surface area contributed by atoms with Crippen molar-refractivity contribution in [2.24, 2.45) is 5.92 Å². The largest absolute Gasteiger partial charge is 0.483 e. The predicted octanol–water partition coefficient (Wildman–Crippen LogP) is 2.58. The van der Waals surface area contributed by atoms with Crippen LogP contribution in [-0.2, 0) is 11.2 Å². The minimum absolute atomic E-state index is 0. The first kappa shape index (κ1) is 21.3. The molecule has 1 aromatic heterocycles. The van der Waals surface area contributed by atoms with Crippen LogP contribution < -0.4 is 21.0 Å². The van der Waals surface area contributed by atoms with Gasteiger partial charge in [-0.25, -0.2) is 4.79 Å². The van der Waals surface area contributed by atoms with Gasteiger partial charge in [-0.05, 0) is 68.5 Å². The van der Waals surface area contributed by atoms with Gasteiger partial charge in [-0.15, -0.1) is 12.4 Å². The average Bonchev–Trinajstić information content (AvgIpc) is 2.64. The molecule has 1 aromatic carbocycles. The Labute approximate surface area is 165 Å². The van der Waals surface area contributed by atoms with Crippen molar-refractivity contribution in [1.29, 1.82) is 0 Å². The number of carbonyl (C=O) groups is 1. The summed E-state index contributed by atoms with van der Waals surface area (Å²) in [6.45, 7) is 6.54. The molecule has 2 heterocycles. The fraction of sp³-hybridized carbons (Fsp3) is 0.500. The van der Waals surface area contributed by atoms with Crippen LogP contribution in [0.15, 0.2) is 27.4 Å². The first-order chi connectivity index (χ1) is 12.6. The van der Waals surface area contributed by atoms with Crippen LogP contribution in [0.2, 0.25) is 0 Å². The van der Waals surface area contributed by atoms with E-state index in [0.29, 0.717) is 30.2 Å². The van der Waals surface area contributed by atoms with Gasteiger partial charge in [-0.3, -0.25) is 4.79 Å². The molecule has 2 N–H and O–H groups in total. The summed E-state index contributed by atoms with van der Waals surface area (Å²) in [4.78, 5) is 23.9. The molecule has 0 aliphatic carbocycles. The Morgan fingerprint density at radius 3 is 2.74 bits per heavy atom. The molecule has 0 spiro atoms. The van der Waals surface area contributed by atoms with E-state index in [1.54, 1.807) is 0 Å². The van der Waals surface area contributed by atoms with E-state index in [-0.39, 0.29) is 30.5 Å². The molecule has 1 saturated heterocycles. The molecule has 7 heteroatoms. The Kier molecular flexibility index (Phi) is 7.68. The number of carbonyl (C=O) groups excluding carboxylic acids is 1. The van der Waals surface area contributed by atoms with E-state index in [1.165, 1.54) is 6.07 Å². The number of rotatable bonds is 6. The average molecular weight is 395 g/mol. The summed E-state index contributed by atoms with van der Waals surface area (Å²) in [5.41, 5.74) is 1.91. The maximum atomic E-state index is 12.2. The quantitative estimate of drug-likeness (QED) is 0.736. The van der Waals surface area contributed by atoms with E-state index in [4.69, 9.17) is 9.15 Å². The summed E-state index contributed by atoms with van der Waals surface area (Å²) in [5, 5.41) is 7.04. The van der Waals surface area contributed by atoms with Crippen LogP contribution in [0.25, 0.3) is 11.0 Å². The third-order valence-corrected chi connectivity index (χ3v) is 4.82. The molecule has 6 nitrogen and oxygen atoms in total. The zero-order valence-corrected chi connectivity index (χ0v) is 16.6. The van der Waals surface area contributed by atoms with Crippen molar-refractivity contribution in [1.82, 2.24) is 10.6 Å².